The largest absolute Gasteiger partial charge is 0.335 e. The third-order valence-corrected chi connectivity index (χ3v) is 6.28. The molecule has 2 aliphatic rings. The van der Waals surface area contributed by atoms with Gasteiger partial charge in [0, 0.05) is 30.0 Å². The number of amides is 1. The van der Waals surface area contributed by atoms with E-state index in [1.165, 1.54) is 6.07 Å². The number of fused-ring (bicyclic) bond motifs is 1. The van der Waals surface area contributed by atoms with Gasteiger partial charge in [-0.1, -0.05) is 36.4 Å². The van der Waals surface area contributed by atoms with Crippen molar-refractivity contribution >= 4 is 11.7 Å². The second kappa shape index (κ2) is 7.86. The summed E-state index contributed by atoms with van der Waals surface area (Å²) in [6.07, 6.45) is 4.33. The van der Waals surface area contributed by atoms with Crippen molar-refractivity contribution in [2.75, 3.05) is 6.54 Å². The maximum Gasteiger partial charge on any atom is 0.226 e. The zero-order chi connectivity index (χ0) is 19.7. The number of rotatable bonds is 2. The van der Waals surface area contributed by atoms with E-state index in [1.807, 2.05) is 36.1 Å². The van der Waals surface area contributed by atoms with Crippen molar-refractivity contribution in [1.29, 1.82) is 0 Å². The first-order chi connectivity index (χ1) is 13.6. The van der Waals surface area contributed by atoms with Gasteiger partial charge in [0.25, 0.3) is 0 Å². The van der Waals surface area contributed by atoms with Crippen molar-refractivity contribution in [3.8, 4) is 0 Å². The van der Waals surface area contributed by atoms with Crippen LogP contribution in [0.5, 0.6) is 0 Å². The van der Waals surface area contributed by atoms with E-state index in [9.17, 15) is 14.0 Å². The molecule has 4 heteroatoms. The maximum absolute atomic E-state index is 14.4. The number of halogens is 1. The van der Waals surface area contributed by atoms with Crippen LogP contribution < -0.4 is 0 Å². The Balaban J connectivity index is 1.59. The van der Waals surface area contributed by atoms with Crippen molar-refractivity contribution in [2.45, 2.75) is 51.5 Å². The van der Waals surface area contributed by atoms with Crippen LogP contribution in [-0.4, -0.2) is 23.1 Å². The van der Waals surface area contributed by atoms with E-state index in [1.54, 1.807) is 12.1 Å². The number of carbonyl (C=O) groups is 2. The normalized spacial score (nSPS) is 22.5. The average molecular weight is 379 g/mol. The fraction of sp³-hybridized carbons (Fsp3) is 0.417. The molecule has 28 heavy (non-hydrogen) atoms. The first-order valence-corrected chi connectivity index (χ1v) is 10.2. The van der Waals surface area contributed by atoms with Gasteiger partial charge in [-0.15, -0.1) is 0 Å². The second-order valence-corrected chi connectivity index (χ2v) is 8.03. The zero-order valence-corrected chi connectivity index (χ0v) is 16.3. The lowest BCUT2D eigenvalue weighted by atomic mass is 9.91. The summed E-state index contributed by atoms with van der Waals surface area (Å²) < 4.78 is 14.4. The van der Waals surface area contributed by atoms with E-state index in [4.69, 9.17) is 0 Å². The number of ketones is 1. The first-order valence-electron chi connectivity index (χ1n) is 10.2. The minimum absolute atomic E-state index is 0.00626. The van der Waals surface area contributed by atoms with Gasteiger partial charge < -0.3 is 4.90 Å². The number of hydrogen-bond donors (Lipinski definition) is 0. The molecular formula is C24H26FNO2. The number of likely N-dealkylation sites (tertiary alicyclic amines) is 1. The minimum Gasteiger partial charge on any atom is -0.335 e. The Bertz CT molecular complexity index is 907. The van der Waals surface area contributed by atoms with Crippen molar-refractivity contribution in [3.63, 3.8) is 0 Å². The Labute approximate surface area is 165 Å². The highest BCUT2D eigenvalue weighted by Gasteiger charge is 2.36. The van der Waals surface area contributed by atoms with Crippen LogP contribution in [-0.2, 0) is 11.2 Å². The number of hydrogen-bond acceptors (Lipinski definition) is 2. The van der Waals surface area contributed by atoms with Crippen LogP contribution in [0.15, 0.2) is 42.5 Å². The smallest absolute Gasteiger partial charge is 0.226 e. The summed E-state index contributed by atoms with van der Waals surface area (Å²) in [5, 5.41) is 0. The SMILES string of the molecule is Cc1cccc2c1CCC(C(=O)N1CCCC[C@H]1c1ccccc1F)CC2=O. The van der Waals surface area contributed by atoms with E-state index in [-0.39, 0.29) is 35.9 Å². The van der Waals surface area contributed by atoms with Gasteiger partial charge in [0.2, 0.25) is 5.91 Å². The van der Waals surface area contributed by atoms with Crippen molar-refractivity contribution in [2.24, 2.45) is 5.92 Å². The molecule has 0 N–H and O–H groups in total. The lowest BCUT2D eigenvalue weighted by Gasteiger charge is -2.38. The molecule has 2 aromatic rings. The summed E-state index contributed by atoms with van der Waals surface area (Å²) in [4.78, 5) is 28.1. The number of piperidine rings is 1. The number of benzene rings is 2. The molecule has 0 bridgehead atoms. The Morgan fingerprint density at radius 3 is 2.71 bits per heavy atom. The summed E-state index contributed by atoms with van der Waals surface area (Å²) in [5.41, 5.74) is 3.54. The highest BCUT2D eigenvalue weighted by Crippen LogP contribution is 2.36. The molecule has 1 unspecified atom stereocenters. The van der Waals surface area contributed by atoms with E-state index in [0.29, 0.717) is 18.5 Å². The van der Waals surface area contributed by atoms with Crippen LogP contribution in [0.1, 0.15) is 65.2 Å². The molecule has 146 valence electrons. The monoisotopic (exact) mass is 379 g/mol. The highest BCUT2D eigenvalue weighted by molar-refractivity contribution is 6.00. The van der Waals surface area contributed by atoms with Gasteiger partial charge in [-0.2, -0.15) is 0 Å². The molecule has 0 saturated carbocycles. The lowest BCUT2D eigenvalue weighted by Crippen LogP contribution is -2.42. The van der Waals surface area contributed by atoms with Gasteiger partial charge in [-0.3, -0.25) is 9.59 Å². The summed E-state index contributed by atoms with van der Waals surface area (Å²) in [6.45, 7) is 2.65. The number of carbonyl (C=O) groups excluding carboxylic acids is 2. The lowest BCUT2D eigenvalue weighted by molar-refractivity contribution is -0.139. The summed E-state index contributed by atoms with van der Waals surface area (Å²) in [6, 6.07) is 12.3. The van der Waals surface area contributed by atoms with E-state index < -0.39 is 0 Å². The highest BCUT2D eigenvalue weighted by atomic mass is 19.1. The van der Waals surface area contributed by atoms with Gasteiger partial charge in [-0.05, 0) is 56.2 Å². The van der Waals surface area contributed by atoms with Gasteiger partial charge in [0.15, 0.2) is 5.78 Å². The van der Waals surface area contributed by atoms with Gasteiger partial charge >= 0.3 is 0 Å². The van der Waals surface area contributed by atoms with E-state index in [0.717, 1.165) is 42.4 Å². The number of nitrogens with zero attached hydrogens (tertiary/aromatic N) is 1. The predicted molar refractivity (Wildman–Crippen MR) is 107 cm³/mol. The molecule has 1 amide bonds. The van der Waals surface area contributed by atoms with E-state index >= 15 is 0 Å². The van der Waals surface area contributed by atoms with Crippen LogP contribution in [0, 0.1) is 18.7 Å². The minimum atomic E-state index is -0.327. The molecule has 0 aromatic heterocycles. The maximum atomic E-state index is 14.4. The van der Waals surface area contributed by atoms with Crippen LogP contribution in [0.2, 0.25) is 0 Å². The molecule has 1 saturated heterocycles. The molecule has 0 spiro atoms. The molecule has 2 aromatic carbocycles. The molecule has 4 rings (SSSR count). The zero-order valence-electron chi connectivity index (χ0n) is 16.3. The topological polar surface area (TPSA) is 37.4 Å². The Kier molecular flexibility index (Phi) is 5.29. The number of aryl methyl sites for hydroxylation is 1. The molecule has 2 atom stereocenters. The predicted octanol–water partition coefficient (Wildman–Crippen LogP) is 5.02. The average Bonchev–Trinajstić information content (AvgIpc) is 2.88. The molecule has 1 aliphatic heterocycles. The summed E-state index contributed by atoms with van der Waals surface area (Å²) >= 11 is 0. The van der Waals surface area contributed by atoms with Crippen molar-refractivity contribution < 1.29 is 14.0 Å². The molecular weight excluding hydrogens is 353 g/mol. The fourth-order valence-electron chi connectivity index (χ4n) is 4.76. The Morgan fingerprint density at radius 2 is 1.89 bits per heavy atom. The van der Waals surface area contributed by atoms with Gasteiger partial charge in [0.05, 0.1) is 6.04 Å². The third-order valence-electron chi connectivity index (χ3n) is 6.28. The number of Topliss-reactive ketones (excluding diaryl/α,β-unsaturated/α-hetero) is 1. The van der Waals surface area contributed by atoms with E-state index in [2.05, 4.69) is 0 Å². The fourth-order valence-corrected chi connectivity index (χ4v) is 4.76. The molecule has 0 radical (unpaired) electrons. The van der Waals surface area contributed by atoms with Gasteiger partial charge in [-0.25, -0.2) is 4.39 Å². The second-order valence-electron chi connectivity index (χ2n) is 8.03. The molecule has 1 aliphatic carbocycles. The van der Waals surface area contributed by atoms with Crippen LogP contribution in [0.3, 0.4) is 0 Å². The van der Waals surface area contributed by atoms with Crippen molar-refractivity contribution in [1.82, 2.24) is 4.90 Å². The molecule has 1 fully saturated rings. The van der Waals surface area contributed by atoms with Crippen LogP contribution in [0.25, 0.3) is 0 Å². The summed E-state index contributed by atoms with van der Waals surface area (Å²) in [5.74, 6) is -0.528. The van der Waals surface area contributed by atoms with Crippen molar-refractivity contribution in [3.05, 3.63) is 70.5 Å². The standard InChI is InChI=1S/C24H26FNO2/c1-16-7-6-9-19-18(16)13-12-17(15-23(19)27)24(28)26-14-5-4-11-22(26)20-8-2-3-10-21(20)25/h2-3,6-10,17,22H,4-5,11-15H2,1H3/t17?,22-/m0/s1. The van der Waals surface area contributed by atoms with Gasteiger partial charge in [0.1, 0.15) is 5.82 Å². The Hall–Kier alpha value is -2.49. The molecule has 3 nitrogen and oxygen atoms in total. The summed E-state index contributed by atoms with van der Waals surface area (Å²) in [7, 11) is 0. The van der Waals surface area contributed by atoms with Crippen LogP contribution in [0.4, 0.5) is 4.39 Å². The Morgan fingerprint density at radius 1 is 1.07 bits per heavy atom. The first kappa shape index (κ1) is 18.9. The quantitative estimate of drug-likeness (QED) is 0.687. The third kappa shape index (κ3) is 3.48. The molecule has 1 heterocycles. The van der Waals surface area contributed by atoms with Crippen LogP contribution >= 0.6 is 0 Å².